The molecule has 29 heavy (non-hydrogen) atoms. The molecule has 0 amide bonds. The van der Waals surface area contributed by atoms with Crippen LogP contribution in [0.1, 0.15) is 19.3 Å². The Morgan fingerprint density at radius 1 is 1.00 bits per heavy atom. The third kappa shape index (κ3) is 3.52. The van der Waals surface area contributed by atoms with Crippen molar-refractivity contribution >= 4 is 22.7 Å². The van der Waals surface area contributed by atoms with Crippen LogP contribution >= 0.6 is 0 Å². The summed E-state index contributed by atoms with van der Waals surface area (Å²) in [6.45, 7) is 3.46. The fourth-order valence-corrected chi connectivity index (χ4v) is 4.79. The molecule has 1 unspecified atom stereocenters. The number of nitrogens with zero attached hydrogens (tertiary/aromatic N) is 6. The van der Waals surface area contributed by atoms with Crippen LogP contribution in [0, 0.1) is 5.41 Å². The molecule has 2 aromatic heterocycles. The maximum absolute atomic E-state index is 12.8. The van der Waals surface area contributed by atoms with Crippen LogP contribution in [0.2, 0.25) is 0 Å². The topological polar surface area (TPSA) is 50.1 Å². The summed E-state index contributed by atoms with van der Waals surface area (Å²) in [5.74, 6) is 0.755. The second kappa shape index (κ2) is 7.24. The van der Waals surface area contributed by atoms with Gasteiger partial charge in [-0.15, -0.1) is 0 Å². The molecule has 1 aromatic carbocycles. The number of benzene rings is 1. The summed E-state index contributed by atoms with van der Waals surface area (Å²) >= 11 is 0. The number of hydrogen-bond donors (Lipinski definition) is 0. The average molecular weight is 398 g/mol. The van der Waals surface area contributed by atoms with E-state index < -0.39 is 13.0 Å². The number of alkyl halides is 2. The molecule has 0 saturated carbocycles. The highest BCUT2D eigenvalue weighted by molar-refractivity contribution is 5.71. The lowest BCUT2D eigenvalue weighted by Gasteiger charge is -2.41. The highest BCUT2D eigenvalue weighted by atomic mass is 19.3. The van der Waals surface area contributed by atoms with Gasteiger partial charge in [0.1, 0.15) is 17.9 Å². The van der Waals surface area contributed by atoms with E-state index in [0.717, 1.165) is 44.8 Å². The standard InChI is InChI=1S/C21H24F2N6/c22-18(23)13-29-20-17(11-25-29)24-12-19(26-20)28-9-4-7-21(15-28)8-10-27(14-21)16-5-2-1-3-6-16/h1-3,5-6,11-12,18H,4,7-10,13-15H2. The van der Waals surface area contributed by atoms with Crippen LogP contribution in [-0.2, 0) is 6.54 Å². The van der Waals surface area contributed by atoms with E-state index in [1.165, 1.54) is 23.0 Å². The van der Waals surface area contributed by atoms with Crippen molar-refractivity contribution in [2.45, 2.75) is 32.2 Å². The second-order valence-electron chi connectivity index (χ2n) is 8.19. The van der Waals surface area contributed by atoms with Crippen LogP contribution in [-0.4, -0.2) is 52.4 Å². The van der Waals surface area contributed by atoms with Gasteiger partial charge in [0, 0.05) is 37.3 Å². The van der Waals surface area contributed by atoms with E-state index in [-0.39, 0.29) is 5.41 Å². The van der Waals surface area contributed by atoms with E-state index in [4.69, 9.17) is 0 Å². The number of aromatic nitrogens is 4. The third-order valence-electron chi connectivity index (χ3n) is 6.19. The minimum absolute atomic E-state index is 0.230. The van der Waals surface area contributed by atoms with E-state index in [1.807, 2.05) is 6.07 Å². The van der Waals surface area contributed by atoms with Crippen LogP contribution in [0.25, 0.3) is 11.2 Å². The quantitative estimate of drug-likeness (QED) is 0.672. The van der Waals surface area contributed by atoms with Gasteiger partial charge in [-0.3, -0.25) is 0 Å². The lowest BCUT2D eigenvalue weighted by molar-refractivity contribution is 0.123. The van der Waals surface area contributed by atoms with Crippen molar-refractivity contribution in [2.24, 2.45) is 5.41 Å². The zero-order valence-electron chi connectivity index (χ0n) is 16.2. The van der Waals surface area contributed by atoms with E-state index in [2.05, 4.69) is 49.1 Å². The first-order valence-corrected chi connectivity index (χ1v) is 10.1. The Kier molecular flexibility index (Phi) is 4.56. The Hall–Kier alpha value is -2.77. The smallest absolute Gasteiger partial charge is 0.258 e. The van der Waals surface area contributed by atoms with Crippen molar-refractivity contribution < 1.29 is 8.78 Å². The molecular weight excluding hydrogens is 374 g/mol. The first-order chi connectivity index (χ1) is 14.1. The van der Waals surface area contributed by atoms with Crippen LogP contribution in [0.15, 0.2) is 42.7 Å². The van der Waals surface area contributed by atoms with Gasteiger partial charge in [-0.2, -0.15) is 5.10 Å². The van der Waals surface area contributed by atoms with Crippen molar-refractivity contribution in [1.82, 2.24) is 19.7 Å². The molecule has 0 radical (unpaired) electrons. The maximum atomic E-state index is 12.8. The Morgan fingerprint density at radius 3 is 2.66 bits per heavy atom. The van der Waals surface area contributed by atoms with Crippen LogP contribution in [0.3, 0.4) is 0 Å². The molecule has 2 aliphatic rings. The number of rotatable bonds is 4. The zero-order chi connectivity index (χ0) is 19.8. The normalized spacial score (nSPS) is 22.3. The van der Waals surface area contributed by atoms with Gasteiger partial charge in [-0.05, 0) is 31.4 Å². The average Bonchev–Trinajstić information content (AvgIpc) is 3.32. The van der Waals surface area contributed by atoms with Crippen molar-refractivity contribution in [3.05, 3.63) is 42.7 Å². The SMILES string of the molecule is FC(F)Cn1ncc2ncc(N3CCCC4(CCN(c5ccccc5)C4)C3)nc21. The molecule has 3 aromatic rings. The summed E-state index contributed by atoms with van der Waals surface area (Å²) in [7, 11) is 0. The molecule has 2 fully saturated rings. The molecule has 0 aliphatic carbocycles. The van der Waals surface area contributed by atoms with Gasteiger partial charge in [-0.1, -0.05) is 18.2 Å². The first-order valence-electron chi connectivity index (χ1n) is 10.1. The van der Waals surface area contributed by atoms with Gasteiger partial charge in [0.25, 0.3) is 6.43 Å². The Balaban J connectivity index is 1.37. The highest BCUT2D eigenvalue weighted by Crippen LogP contribution is 2.41. The number of para-hydroxylation sites is 1. The Labute approximate surface area is 168 Å². The summed E-state index contributed by atoms with van der Waals surface area (Å²) in [4.78, 5) is 13.8. The maximum Gasteiger partial charge on any atom is 0.258 e. The van der Waals surface area contributed by atoms with Crippen molar-refractivity contribution in [1.29, 1.82) is 0 Å². The molecule has 1 spiro atoms. The molecule has 2 aliphatic heterocycles. The number of hydrogen-bond acceptors (Lipinski definition) is 5. The number of halogens is 2. The molecule has 6 nitrogen and oxygen atoms in total. The van der Waals surface area contributed by atoms with Crippen molar-refractivity contribution in [3.63, 3.8) is 0 Å². The molecule has 152 valence electrons. The molecule has 5 rings (SSSR count). The lowest BCUT2D eigenvalue weighted by Crippen LogP contribution is -2.45. The minimum Gasteiger partial charge on any atom is -0.371 e. The predicted octanol–water partition coefficient (Wildman–Crippen LogP) is 3.59. The summed E-state index contributed by atoms with van der Waals surface area (Å²) in [6.07, 6.45) is 4.23. The van der Waals surface area contributed by atoms with E-state index in [1.54, 1.807) is 6.20 Å². The molecule has 4 heterocycles. The molecule has 0 bridgehead atoms. The minimum atomic E-state index is -2.47. The lowest BCUT2D eigenvalue weighted by atomic mass is 9.79. The molecule has 2 saturated heterocycles. The zero-order valence-corrected chi connectivity index (χ0v) is 16.2. The Bertz CT molecular complexity index is 991. The molecule has 1 atom stereocenters. The number of piperidine rings is 1. The summed E-state index contributed by atoms with van der Waals surface area (Å²) in [5, 5.41) is 4.02. The van der Waals surface area contributed by atoms with E-state index in [0.29, 0.717) is 11.2 Å². The van der Waals surface area contributed by atoms with Crippen LogP contribution < -0.4 is 9.80 Å². The van der Waals surface area contributed by atoms with Gasteiger partial charge in [0.15, 0.2) is 5.65 Å². The van der Waals surface area contributed by atoms with Crippen molar-refractivity contribution in [2.75, 3.05) is 36.0 Å². The van der Waals surface area contributed by atoms with Gasteiger partial charge < -0.3 is 9.80 Å². The number of anilines is 2. The third-order valence-corrected chi connectivity index (χ3v) is 6.19. The molecule has 0 N–H and O–H groups in total. The number of fused-ring (bicyclic) bond motifs is 1. The van der Waals surface area contributed by atoms with Gasteiger partial charge in [0.2, 0.25) is 0 Å². The van der Waals surface area contributed by atoms with E-state index >= 15 is 0 Å². The van der Waals surface area contributed by atoms with Crippen LogP contribution in [0.5, 0.6) is 0 Å². The van der Waals surface area contributed by atoms with E-state index in [9.17, 15) is 8.78 Å². The summed E-state index contributed by atoms with van der Waals surface area (Å²) in [6, 6.07) is 10.6. The fourth-order valence-electron chi connectivity index (χ4n) is 4.79. The summed E-state index contributed by atoms with van der Waals surface area (Å²) in [5.41, 5.74) is 2.49. The molecular formula is C21H24F2N6. The van der Waals surface area contributed by atoms with Crippen LogP contribution in [0.4, 0.5) is 20.3 Å². The van der Waals surface area contributed by atoms with Gasteiger partial charge in [0.05, 0.1) is 12.4 Å². The largest absolute Gasteiger partial charge is 0.371 e. The highest BCUT2D eigenvalue weighted by Gasteiger charge is 2.41. The predicted molar refractivity (Wildman–Crippen MR) is 108 cm³/mol. The monoisotopic (exact) mass is 398 g/mol. The second-order valence-corrected chi connectivity index (χ2v) is 8.19. The molecule has 8 heteroatoms. The van der Waals surface area contributed by atoms with Gasteiger partial charge >= 0.3 is 0 Å². The summed E-state index contributed by atoms with van der Waals surface area (Å²) < 4.78 is 26.9. The van der Waals surface area contributed by atoms with Gasteiger partial charge in [-0.25, -0.2) is 23.4 Å². The fraction of sp³-hybridized carbons (Fsp3) is 0.476. The van der Waals surface area contributed by atoms with Crippen molar-refractivity contribution in [3.8, 4) is 0 Å². The Morgan fingerprint density at radius 2 is 1.83 bits per heavy atom. The first kappa shape index (κ1) is 18.3.